The number of nitrogens with zero attached hydrogens (tertiary/aromatic N) is 1. The smallest absolute Gasteiger partial charge is 0.317 e. The Morgan fingerprint density at radius 2 is 2.29 bits per heavy atom. The summed E-state index contributed by atoms with van der Waals surface area (Å²) in [6, 6.07) is -0.411. The maximum atomic E-state index is 11.5. The number of nitrogens with one attached hydrogen (secondary N) is 1. The molecule has 0 aromatic carbocycles. The molecule has 80 valence electrons. The van der Waals surface area contributed by atoms with Crippen molar-refractivity contribution in [1.29, 1.82) is 0 Å². The minimum atomic E-state index is -0.560. The standard InChI is InChI=1S/C8H14ClN3O2/c9-8(14)12-5-1-2-6(12)7(13)11-4-3-10/h6H,1-5,10H2,(H,11,13). The summed E-state index contributed by atoms with van der Waals surface area (Å²) in [6.07, 6.45) is 1.49. The van der Waals surface area contributed by atoms with Crippen molar-refractivity contribution in [2.24, 2.45) is 5.73 Å². The first-order valence-corrected chi connectivity index (χ1v) is 4.98. The van der Waals surface area contributed by atoms with E-state index in [9.17, 15) is 9.59 Å². The zero-order valence-electron chi connectivity index (χ0n) is 7.83. The molecule has 0 aromatic rings. The Labute approximate surface area is 87.6 Å². The SMILES string of the molecule is NCCNC(=O)C1CCCN1C(=O)Cl. The lowest BCUT2D eigenvalue weighted by molar-refractivity contribution is -0.124. The second-order valence-corrected chi connectivity index (χ2v) is 3.51. The second kappa shape index (κ2) is 5.17. The summed E-state index contributed by atoms with van der Waals surface area (Å²) in [4.78, 5) is 23.8. The average molecular weight is 220 g/mol. The van der Waals surface area contributed by atoms with Crippen molar-refractivity contribution >= 4 is 22.9 Å². The van der Waals surface area contributed by atoms with E-state index in [0.29, 0.717) is 26.1 Å². The van der Waals surface area contributed by atoms with Crippen LogP contribution in [-0.2, 0) is 4.79 Å². The fourth-order valence-corrected chi connectivity index (χ4v) is 1.77. The van der Waals surface area contributed by atoms with Crippen LogP contribution in [-0.4, -0.2) is 41.8 Å². The topological polar surface area (TPSA) is 75.4 Å². The van der Waals surface area contributed by atoms with Crippen LogP contribution in [0.2, 0.25) is 0 Å². The lowest BCUT2D eigenvalue weighted by atomic mass is 10.2. The molecule has 1 aliphatic heterocycles. The molecular weight excluding hydrogens is 206 g/mol. The third kappa shape index (κ3) is 2.59. The molecule has 1 atom stereocenters. The van der Waals surface area contributed by atoms with Crippen LogP contribution in [0, 0.1) is 0 Å². The lowest BCUT2D eigenvalue weighted by Gasteiger charge is -2.20. The van der Waals surface area contributed by atoms with Gasteiger partial charge in [-0.1, -0.05) is 0 Å². The fraction of sp³-hybridized carbons (Fsp3) is 0.750. The molecule has 3 N–H and O–H groups in total. The third-order valence-corrected chi connectivity index (χ3v) is 2.44. The predicted octanol–water partition coefficient (Wildman–Crippen LogP) is -0.116. The normalized spacial score (nSPS) is 21.0. The van der Waals surface area contributed by atoms with E-state index in [-0.39, 0.29) is 5.91 Å². The predicted molar refractivity (Wildman–Crippen MR) is 53.0 cm³/mol. The van der Waals surface area contributed by atoms with Crippen LogP contribution in [0.3, 0.4) is 0 Å². The molecule has 1 unspecified atom stereocenters. The van der Waals surface area contributed by atoms with Gasteiger partial charge in [0.05, 0.1) is 0 Å². The van der Waals surface area contributed by atoms with Crippen molar-refractivity contribution in [3.63, 3.8) is 0 Å². The summed E-state index contributed by atoms with van der Waals surface area (Å²) in [5.41, 5.74) is 5.25. The number of nitrogens with two attached hydrogens (primary N) is 1. The molecule has 14 heavy (non-hydrogen) atoms. The summed E-state index contributed by atoms with van der Waals surface area (Å²) in [7, 11) is 0. The van der Waals surface area contributed by atoms with Crippen LogP contribution >= 0.6 is 11.6 Å². The van der Waals surface area contributed by atoms with Gasteiger partial charge in [0.25, 0.3) is 0 Å². The van der Waals surface area contributed by atoms with Gasteiger partial charge in [-0.3, -0.25) is 9.59 Å². The maximum Gasteiger partial charge on any atom is 0.317 e. The third-order valence-electron chi connectivity index (χ3n) is 2.22. The van der Waals surface area contributed by atoms with Gasteiger partial charge in [0, 0.05) is 19.6 Å². The van der Waals surface area contributed by atoms with E-state index in [0.717, 1.165) is 6.42 Å². The fourth-order valence-electron chi connectivity index (χ4n) is 1.56. The molecule has 5 nitrogen and oxygen atoms in total. The van der Waals surface area contributed by atoms with E-state index >= 15 is 0 Å². The van der Waals surface area contributed by atoms with Crippen LogP contribution in [0.1, 0.15) is 12.8 Å². The van der Waals surface area contributed by atoms with Crippen LogP contribution in [0.5, 0.6) is 0 Å². The van der Waals surface area contributed by atoms with Crippen LogP contribution in [0.25, 0.3) is 0 Å². The zero-order chi connectivity index (χ0) is 10.6. The van der Waals surface area contributed by atoms with Gasteiger partial charge in [-0.15, -0.1) is 0 Å². The van der Waals surface area contributed by atoms with Gasteiger partial charge in [-0.25, -0.2) is 0 Å². The van der Waals surface area contributed by atoms with E-state index in [1.807, 2.05) is 0 Å². The van der Waals surface area contributed by atoms with E-state index in [1.54, 1.807) is 0 Å². The Kier molecular flexibility index (Phi) is 4.16. The highest BCUT2D eigenvalue weighted by molar-refractivity contribution is 6.63. The van der Waals surface area contributed by atoms with Crippen LogP contribution in [0.4, 0.5) is 4.79 Å². The van der Waals surface area contributed by atoms with Gasteiger partial charge in [-0.2, -0.15) is 0 Å². The number of amides is 2. The monoisotopic (exact) mass is 219 g/mol. The summed E-state index contributed by atoms with van der Waals surface area (Å²) in [5, 5.41) is 2.08. The highest BCUT2D eigenvalue weighted by Gasteiger charge is 2.32. The Balaban J connectivity index is 2.49. The minimum absolute atomic E-state index is 0.165. The summed E-state index contributed by atoms with van der Waals surface area (Å²) in [5.74, 6) is -0.165. The van der Waals surface area contributed by atoms with Gasteiger partial charge in [0.2, 0.25) is 5.91 Å². The Morgan fingerprint density at radius 1 is 1.57 bits per heavy atom. The summed E-state index contributed by atoms with van der Waals surface area (Å²) < 4.78 is 0. The summed E-state index contributed by atoms with van der Waals surface area (Å²) >= 11 is 5.34. The highest BCUT2D eigenvalue weighted by Crippen LogP contribution is 2.18. The Morgan fingerprint density at radius 3 is 2.86 bits per heavy atom. The van der Waals surface area contributed by atoms with Crippen molar-refractivity contribution in [2.45, 2.75) is 18.9 Å². The largest absolute Gasteiger partial charge is 0.353 e. The molecule has 6 heteroatoms. The molecule has 1 aliphatic rings. The zero-order valence-corrected chi connectivity index (χ0v) is 8.59. The van der Waals surface area contributed by atoms with Crippen molar-refractivity contribution in [3.8, 4) is 0 Å². The van der Waals surface area contributed by atoms with Crippen molar-refractivity contribution in [2.75, 3.05) is 19.6 Å². The van der Waals surface area contributed by atoms with Crippen LogP contribution in [0.15, 0.2) is 0 Å². The van der Waals surface area contributed by atoms with E-state index in [2.05, 4.69) is 5.32 Å². The number of likely N-dealkylation sites (tertiary alicyclic amines) is 1. The first-order valence-electron chi connectivity index (χ1n) is 4.60. The Hall–Kier alpha value is -0.810. The maximum absolute atomic E-state index is 11.5. The first-order chi connectivity index (χ1) is 6.66. The number of hydrogen-bond donors (Lipinski definition) is 2. The number of rotatable bonds is 3. The van der Waals surface area contributed by atoms with Gasteiger partial charge >= 0.3 is 5.37 Å². The van der Waals surface area contributed by atoms with Gasteiger partial charge in [0.1, 0.15) is 6.04 Å². The van der Waals surface area contributed by atoms with Crippen molar-refractivity contribution in [3.05, 3.63) is 0 Å². The quantitative estimate of drug-likeness (QED) is 0.514. The number of halogens is 1. The number of carbonyl (C=O) groups is 2. The average Bonchev–Trinajstić information content (AvgIpc) is 2.62. The first kappa shape index (κ1) is 11.3. The van der Waals surface area contributed by atoms with Crippen molar-refractivity contribution in [1.82, 2.24) is 10.2 Å². The molecule has 0 radical (unpaired) electrons. The molecular formula is C8H14ClN3O2. The Bertz CT molecular complexity index is 235. The van der Waals surface area contributed by atoms with E-state index < -0.39 is 11.4 Å². The van der Waals surface area contributed by atoms with E-state index in [1.165, 1.54) is 4.90 Å². The molecule has 0 spiro atoms. The molecule has 0 aliphatic carbocycles. The molecule has 1 rings (SSSR count). The van der Waals surface area contributed by atoms with Gasteiger partial charge in [0.15, 0.2) is 0 Å². The molecule has 1 heterocycles. The number of hydrogen-bond acceptors (Lipinski definition) is 3. The van der Waals surface area contributed by atoms with E-state index in [4.69, 9.17) is 17.3 Å². The van der Waals surface area contributed by atoms with Crippen LogP contribution < -0.4 is 11.1 Å². The summed E-state index contributed by atoms with van der Waals surface area (Å²) in [6.45, 7) is 1.38. The van der Waals surface area contributed by atoms with Crippen molar-refractivity contribution < 1.29 is 9.59 Å². The molecule has 1 fully saturated rings. The second-order valence-electron chi connectivity index (χ2n) is 3.18. The minimum Gasteiger partial charge on any atom is -0.353 e. The highest BCUT2D eigenvalue weighted by atomic mass is 35.5. The molecule has 0 bridgehead atoms. The van der Waals surface area contributed by atoms with Gasteiger partial charge in [-0.05, 0) is 24.4 Å². The molecule has 0 saturated carbocycles. The molecule has 0 aromatic heterocycles. The van der Waals surface area contributed by atoms with Gasteiger partial charge < -0.3 is 16.0 Å². The lowest BCUT2D eigenvalue weighted by Crippen LogP contribution is -2.45. The molecule has 1 saturated heterocycles. The molecule has 2 amide bonds. The number of carbonyl (C=O) groups excluding carboxylic acids is 2.